The van der Waals surface area contributed by atoms with Crippen LogP contribution in [0.4, 0.5) is 5.69 Å². The Kier molecular flexibility index (Phi) is 3.61. The van der Waals surface area contributed by atoms with Gasteiger partial charge in [-0.05, 0) is 18.2 Å². The summed E-state index contributed by atoms with van der Waals surface area (Å²) in [7, 11) is 0. The molecule has 2 heterocycles. The normalized spacial score (nSPS) is 10.3. The number of aromatic nitrogens is 4. The second-order valence-corrected chi connectivity index (χ2v) is 4.59. The lowest BCUT2D eigenvalue weighted by molar-refractivity contribution is 0.102. The summed E-state index contributed by atoms with van der Waals surface area (Å²) in [6.07, 6.45) is 7.93. The van der Waals surface area contributed by atoms with Gasteiger partial charge in [0.15, 0.2) is 0 Å². The minimum absolute atomic E-state index is 0.163. The molecule has 3 aromatic rings. The Morgan fingerprint density at radius 1 is 1.24 bits per heavy atom. The van der Waals surface area contributed by atoms with Crippen molar-refractivity contribution in [3.05, 3.63) is 66.2 Å². The summed E-state index contributed by atoms with van der Waals surface area (Å²) in [4.78, 5) is 23.8. The molecule has 0 bridgehead atoms. The summed E-state index contributed by atoms with van der Waals surface area (Å²) in [5.74, 6) is -0.368. The van der Waals surface area contributed by atoms with Gasteiger partial charge in [-0.2, -0.15) is 0 Å². The fourth-order valence-electron chi connectivity index (χ4n) is 1.80. The number of imidazole rings is 1. The van der Waals surface area contributed by atoms with Crippen LogP contribution in [0.1, 0.15) is 10.5 Å². The molecule has 0 atom stereocenters. The van der Waals surface area contributed by atoms with E-state index in [0.29, 0.717) is 5.69 Å². The summed E-state index contributed by atoms with van der Waals surface area (Å²) in [6, 6.07) is 7.37. The van der Waals surface area contributed by atoms with Gasteiger partial charge in [-0.25, -0.2) is 9.97 Å². The Labute approximate surface area is 125 Å². The first-order chi connectivity index (χ1) is 10.2. The molecule has 1 aromatic carbocycles. The molecule has 0 saturated heterocycles. The number of carbonyl (C=O) groups excluding carboxylic acids is 1. The Morgan fingerprint density at radius 2 is 2.14 bits per heavy atom. The van der Waals surface area contributed by atoms with E-state index in [9.17, 15) is 4.79 Å². The van der Waals surface area contributed by atoms with Crippen molar-refractivity contribution in [3.8, 4) is 5.69 Å². The predicted molar refractivity (Wildman–Crippen MR) is 78.6 cm³/mol. The van der Waals surface area contributed by atoms with Crippen LogP contribution in [-0.2, 0) is 0 Å². The van der Waals surface area contributed by atoms with Gasteiger partial charge < -0.3 is 9.88 Å². The molecule has 1 N–H and O–H groups in total. The van der Waals surface area contributed by atoms with E-state index < -0.39 is 0 Å². The van der Waals surface area contributed by atoms with Crippen molar-refractivity contribution in [3.63, 3.8) is 0 Å². The average Bonchev–Trinajstić information content (AvgIpc) is 3.02. The maximum atomic E-state index is 12.1. The van der Waals surface area contributed by atoms with E-state index in [-0.39, 0.29) is 16.8 Å². The molecule has 0 radical (unpaired) electrons. The first kappa shape index (κ1) is 13.3. The zero-order chi connectivity index (χ0) is 14.7. The van der Waals surface area contributed by atoms with Crippen molar-refractivity contribution < 1.29 is 4.79 Å². The molecule has 0 aliphatic heterocycles. The van der Waals surface area contributed by atoms with Crippen LogP contribution >= 0.6 is 11.6 Å². The molecule has 0 unspecified atom stereocenters. The summed E-state index contributed by atoms with van der Waals surface area (Å²) in [5, 5.41) is 2.93. The molecule has 7 heteroatoms. The number of carbonyl (C=O) groups is 1. The molecule has 3 rings (SSSR count). The highest BCUT2D eigenvalue weighted by Gasteiger charge is 2.09. The number of halogens is 1. The molecule has 6 nitrogen and oxygen atoms in total. The lowest BCUT2D eigenvalue weighted by atomic mass is 10.2. The van der Waals surface area contributed by atoms with E-state index in [0.717, 1.165) is 5.69 Å². The molecule has 0 spiro atoms. The number of amides is 1. The lowest BCUT2D eigenvalue weighted by Gasteiger charge is -2.07. The summed E-state index contributed by atoms with van der Waals surface area (Å²) in [6.45, 7) is 0. The van der Waals surface area contributed by atoms with Gasteiger partial charge in [-0.15, -0.1) is 0 Å². The summed E-state index contributed by atoms with van der Waals surface area (Å²) >= 11 is 5.72. The van der Waals surface area contributed by atoms with Crippen LogP contribution in [0, 0.1) is 0 Å². The summed E-state index contributed by atoms with van der Waals surface area (Å²) in [5.41, 5.74) is 1.70. The topological polar surface area (TPSA) is 72.7 Å². The molecule has 104 valence electrons. The molecule has 0 fully saturated rings. The molecule has 1 amide bonds. The number of nitrogens with zero attached hydrogens (tertiary/aromatic N) is 4. The van der Waals surface area contributed by atoms with E-state index in [4.69, 9.17) is 11.6 Å². The number of nitrogens with one attached hydrogen (secondary N) is 1. The second kappa shape index (κ2) is 5.72. The van der Waals surface area contributed by atoms with Crippen molar-refractivity contribution in [2.45, 2.75) is 0 Å². The SMILES string of the molecule is O=C(Nc1cccc(-n2ccnc2)c1)c1cncc(Cl)n1. The third kappa shape index (κ3) is 3.06. The highest BCUT2D eigenvalue weighted by Crippen LogP contribution is 2.15. The molecule has 2 aromatic heterocycles. The zero-order valence-corrected chi connectivity index (χ0v) is 11.5. The first-order valence-corrected chi connectivity index (χ1v) is 6.47. The minimum Gasteiger partial charge on any atom is -0.321 e. The predicted octanol–water partition coefficient (Wildman–Crippen LogP) is 2.57. The second-order valence-electron chi connectivity index (χ2n) is 4.20. The third-order valence-electron chi connectivity index (χ3n) is 2.74. The van der Waals surface area contributed by atoms with Crippen molar-refractivity contribution in [2.24, 2.45) is 0 Å². The average molecular weight is 300 g/mol. The Balaban J connectivity index is 1.82. The van der Waals surface area contributed by atoms with Crippen LogP contribution in [0.5, 0.6) is 0 Å². The van der Waals surface area contributed by atoms with Crippen LogP contribution in [0.15, 0.2) is 55.4 Å². The van der Waals surface area contributed by atoms with Gasteiger partial charge in [0.2, 0.25) is 0 Å². The molecular weight excluding hydrogens is 290 g/mol. The molecular formula is C14H10ClN5O. The Bertz CT molecular complexity index is 773. The number of hydrogen-bond acceptors (Lipinski definition) is 4. The van der Waals surface area contributed by atoms with Crippen LogP contribution < -0.4 is 5.32 Å². The van der Waals surface area contributed by atoms with Crippen molar-refractivity contribution in [2.75, 3.05) is 5.32 Å². The quantitative estimate of drug-likeness (QED) is 0.806. The van der Waals surface area contributed by atoms with Gasteiger partial charge in [0.25, 0.3) is 5.91 Å². The van der Waals surface area contributed by atoms with Crippen LogP contribution in [0.2, 0.25) is 5.15 Å². The van der Waals surface area contributed by atoms with Crippen LogP contribution in [0.25, 0.3) is 5.69 Å². The van der Waals surface area contributed by atoms with Crippen molar-refractivity contribution in [1.82, 2.24) is 19.5 Å². The monoisotopic (exact) mass is 299 g/mol. The van der Waals surface area contributed by atoms with Gasteiger partial charge in [0.05, 0.1) is 18.7 Å². The zero-order valence-electron chi connectivity index (χ0n) is 10.8. The third-order valence-corrected chi connectivity index (χ3v) is 2.93. The van der Waals surface area contributed by atoms with Gasteiger partial charge in [-0.1, -0.05) is 17.7 Å². The number of rotatable bonds is 3. The molecule has 21 heavy (non-hydrogen) atoms. The minimum atomic E-state index is -0.368. The molecule has 0 aliphatic rings. The summed E-state index contributed by atoms with van der Waals surface area (Å²) < 4.78 is 1.84. The van der Waals surface area contributed by atoms with Gasteiger partial charge in [0, 0.05) is 23.8 Å². The van der Waals surface area contributed by atoms with Crippen LogP contribution in [-0.4, -0.2) is 25.4 Å². The molecule has 0 saturated carbocycles. The van der Waals surface area contributed by atoms with Crippen molar-refractivity contribution in [1.29, 1.82) is 0 Å². The maximum absolute atomic E-state index is 12.1. The van der Waals surface area contributed by atoms with Gasteiger partial charge >= 0.3 is 0 Å². The fraction of sp³-hybridized carbons (Fsp3) is 0. The van der Waals surface area contributed by atoms with E-state index in [2.05, 4.69) is 20.3 Å². The first-order valence-electron chi connectivity index (χ1n) is 6.10. The highest BCUT2D eigenvalue weighted by molar-refractivity contribution is 6.29. The van der Waals surface area contributed by atoms with E-state index >= 15 is 0 Å². The number of hydrogen-bond donors (Lipinski definition) is 1. The Hall–Kier alpha value is -2.73. The highest BCUT2D eigenvalue weighted by atomic mass is 35.5. The van der Waals surface area contributed by atoms with E-state index in [1.165, 1.54) is 12.4 Å². The smallest absolute Gasteiger partial charge is 0.275 e. The van der Waals surface area contributed by atoms with E-state index in [1.54, 1.807) is 18.6 Å². The van der Waals surface area contributed by atoms with Crippen molar-refractivity contribution >= 4 is 23.2 Å². The largest absolute Gasteiger partial charge is 0.321 e. The van der Waals surface area contributed by atoms with Crippen LogP contribution in [0.3, 0.4) is 0 Å². The standard InChI is InChI=1S/C14H10ClN5O/c15-13-8-17-7-12(19-13)14(21)18-10-2-1-3-11(6-10)20-5-4-16-9-20/h1-9H,(H,18,21). The lowest BCUT2D eigenvalue weighted by Crippen LogP contribution is -2.14. The Morgan fingerprint density at radius 3 is 2.90 bits per heavy atom. The van der Waals surface area contributed by atoms with Gasteiger partial charge in [-0.3, -0.25) is 9.78 Å². The van der Waals surface area contributed by atoms with Gasteiger partial charge in [0.1, 0.15) is 10.8 Å². The molecule has 0 aliphatic carbocycles. The fourth-order valence-corrected chi connectivity index (χ4v) is 1.95. The number of anilines is 1. The maximum Gasteiger partial charge on any atom is 0.275 e. The van der Waals surface area contributed by atoms with E-state index in [1.807, 2.05) is 29.0 Å². The number of benzene rings is 1.